The monoisotopic (exact) mass is 341 g/mol. The fraction of sp³-hybridized carbons (Fsp3) is 0.478. The fourth-order valence-corrected chi connectivity index (χ4v) is 3.37. The zero-order valence-corrected chi connectivity index (χ0v) is 16.4. The molecule has 0 aliphatic carbocycles. The van der Waals surface area contributed by atoms with Gasteiger partial charge in [0, 0.05) is 19.0 Å². The summed E-state index contributed by atoms with van der Waals surface area (Å²) in [5.41, 5.74) is 2.11. The van der Waals surface area contributed by atoms with E-state index >= 15 is 0 Å². The summed E-state index contributed by atoms with van der Waals surface area (Å²) in [6.07, 6.45) is 10.2. The normalized spacial score (nSPS) is 22.5. The van der Waals surface area contributed by atoms with Crippen molar-refractivity contribution in [3.63, 3.8) is 0 Å². The number of aliphatic hydroxyl groups is 1. The molecular weight excluding hydrogens is 306 g/mol. The van der Waals surface area contributed by atoms with Gasteiger partial charge in [-0.15, -0.1) is 0 Å². The average molecular weight is 342 g/mol. The number of hydrogen-bond acceptors (Lipinski definition) is 2. The Hall–Kier alpha value is -1.64. The smallest absolute Gasteiger partial charge is 0.0758 e. The van der Waals surface area contributed by atoms with Gasteiger partial charge in [0.2, 0.25) is 0 Å². The molecule has 1 N–H and O–H groups in total. The molecule has 2 rings (SSSR count). The molecule has 2 heteroatoms. The van der Waals surface area contributed by atoms with E-state index in [4.69, 9.17) is 0 Å². The standard InChI is InChI=1S/C21H29NO.C2H6/c1-4-9-18(10-5-2)20(19-11-7-6-8-12-19)13-15-22-16-14-21(3,23)17-22;1-2/h4-12,20,23H,1,13-17H2,2-3H3;1-2H3/b10-5-,18-9+;. The number of hydrogen-bond donors (Lipinski definition) is 1. The molecule has 25 heavy (non-hydrogen) atoms. The fourth-order valence-electron chi connectivity index (χ4n) is 3.37. The van der Waals surface area contributed by atoms with Crippen LogP contribution >= 0.6 is 0 Å². The minimum Gasteiger partial charge on any atom is -0.389 e. The van der Waals surface area contributed by atoms with Crippen molar-refractivity contribution < 1.29 is 5.11 Å². The van der Waals surface area contributed by atoms with Crippen LogP contribution < -0.4 is 0 Å². The molecule has 0 radical (unpaired) electrons. The van der Waals surface area contributed by atoms with Crippen LogP contribution in [0.2, 0.25) is 0 Å². The first-order valence-electron chi connectivity index (χ1n) is 9.51. The second-order valence-electron chi connectivity index (χ2n) is 6.68. The highest BCUT2D eigenvalue weighted by atomic mass is 16.3. The van der Waals surface area contributed by atoms with Crippen LogP contribution in [0.3, 0.4) is 0 Å². The van der Waals surface area contributed by atoms with E-state index in [-0.39, 0.29) is 0 Å². The summed E-state index contributed by atoms with van der Waals surface area (Å²) in [4.78, 5) is 2.37. The number of allylic oxidation sites excluding steroid dienone is 5. The van der Waals surface area contributed by atoms with Gasteiger partial charge in [-0.2, -0.15) is 0 Å². The minimum absolute atomic E-state index is 0.357. The number of benzene rings is 1. The van der Waals surface area contributed by atoms with E-state index in [9.17, 15) is 5.11 Å². The van der Waals surface area contributed by atoms with Crippen molar-refractivity contribution in [2.24, 2.45) is 0 Å². The van der Waals surface area contributed by atoms with Crippen LogP contribution in [0.15, 0.2) is 66.8 Å². The molecular formula is C23H35NO. The Bertz CT molecular complexity index is 557. The number of β-amino-alcohol motifs (C(OH)–C–C–N with tert-alkyl or cyclic N) is 1. The molecule has 0 aromatic heterocycles. The lowest BCUT2D eigenvalue weighted by Crippen LogP contribution is -2.30. The summed E-state index contributed by atoms with van der Waals surface area (Å²) in [5, 5.41) is 10.1. The van der Waals surface area contributed by atoms with Crippen molar-refractivity contribution in [3.8, 4) is 0 Å². The molecule has 1 aliphatic heterocycles. The molecule has 0 amide bonds. The lowest BCUT2D eigenvalue weighted by molar-refractivity contribution is 0.0685. The summed E-state index contributed by atoms with van der Waals surface area (Å²) in [7, 11) is 0. The lowest BCUT2D eigenvalue weighted by atomic mass is 9.87. The maximum Gasteiger partial charge on any atom is 0.0758 e. The summed E-state index contributed by atoms with van der Waals surface area (Å²) in [5.74, 6) is 0.357. The molecule has 1 aliphatic rings. The number of nitrogens with zero attached hydrogens (tertiary/aromatic N) is 1. The number of rotatable bonds is 7. The highest BCUT2D eigenvalue weighted by molar-refractivity contribution is 5.36. The molecule has 0 saturated carbocycles. The highest BCUT2D eigenvalue weighted by Gasteiger charge is 2.31. The van der Waals surface area contributed by atoms with E-state index in [1.54, 1.807) is 0 Å². The van der Waals surface area contributed by atoms with Crippen molar-refractivity contribution in [1.29, 1.82) is 0 Å². The van der Waals surface area contributed by atoms with Gasteiger partial charge >= 0.3 is 0 Å². The zero-order chi connectivity index (χ0) is 18.7. The van der Waals surface area contributed by atoms with Gasteiger partial charge in [0.1, 0.15) is 0 Å². The third-order valence-corrected chi connectivity index (χ3v) is 4.54. The first-order chi connectivity index (χ1) is 12.1. The van der Waals surface area contributed by atoms with Crippen molar-refractivity contribution in [2.45, 2.75) is 52.1 Å². The van der Waals surface area contributed by atoms with E-state index in [1.807, 2.05) is 26.8 Å². The third-order valence-electron chi connectivity index (χ3n) is 4.54. The van der Waals surface area contributed by atoms with Gasteiger partial charge in [-0.05, 0) is 44.4 Å². The Labute approximate surface area is 154 Å². The van der Waals surface area contributed by atoms with Crippen molar-refractivity contribution in [1.82, 2.24) is 4.90 Å². The molecule has 2 nitrogen and oxygen atoms in total. The summed E-state index contributed by atoms with van der Waals surface area (Å²) in [6, 6.07) is 10.7. The molecule has 1 aromatic carbocycles. The maximum absolute atomic E-state index is 10.1. The van der Waals surface area contributed by atoms with Crippen molar-refractivity contribution >= 4 is 0 Å². The van der Waals surface area contributed by atoms with Crippen LogP contribution in [0.4, 0.5) is 0 Å². The molecule has 1 heterocycles. The second-order valence-corrected chi connectivity index (χ2v) is 6.68. The molecule has 1 aromatic rings. The quantitative estimate of drug-likeness (QED) is 0.677. The Morgan fingerprint density at radius 1 is 1.32 bits per heavy atom. The zero-order valence-electron chi connectivity index (χ0n) is 16.4. The first kappa shape index (κ1) is 21.4. The van der Waals surface area contributed by atoms with E-state index < -0.39 is 5.60 Å². The van der Waals surface area contributed by atoms with Crippen molar-refractivity contribution in [3.05, 3.63) is 72.4 Å². The van der Waals surface area contributed by atoms with Gasteiger partial charge in [-0.25, -0.2) is 0 Å². The lowest BCUT2D eigenvalue weighted by Gasteiger charge is -2.24. The first-order valence-corrected chi connectivity index (χ1v) is 9.51. The predicted molar refractivity (Wildman–Crippen MR) is 110 cm³/mol. The molecule has 0 spiro atoms. The Balaban J connectivity index is 0.00000151. The van der Waals surface area contributed by atoms with Crippen LogP contribution in [0, 0.1) is 0 Å². The minimum atomic E-state index is -0.522. The third kappa shape index (κ3) is 7.01. The largest absolute Gasteiger partial charge is 0.389 e. The van der Waals surface area contributed by atoms with E-state index in [1.165, 1.54) is 11.1 Å². The molecule has 1 saturated heterocycles. The Morgan fingerprint density at radius 2 is 2.00 bits per heavy atom. The molecule has 2 atom stereocenters. The topological polar surface area (TPSA) is 23.5 Å². The highest BCUT2D eigenvalue weighted by Crippen LogP contribution is 2.30. The Morgan fingerprint density at radius 3 is 2.52 bits per heavy atom. The van der Waals surface area contributed by atoms with Crippen LogP contribution in [-0.2, 0) is 0 Å². The van der Waals surface area contributed by atoms with Gasteiger partial charge in [0.05, 0.1) is 5.60 Å². The molecule has 2 unspecified atom stereocenters. The van der Waals surface area contributed by atoms with E-state index in [2.05, 4.69) is 67.0 Å². The average Bonchev–Trinajstić information content (AvgIpc) is 2.97. The molecule has 1 fully saturated rings. The van der Waals surface area contributed by atoms with E-state index in [0.29, 0.717) is 5.92 Å². The van der Waals surface area contributed by atoms with Gasteiger partial charge in [-0.1, -0.05) is 75.1 Å². The SMILES string of the molecule is C=C/C=C(\C=C/C)C(CCN1CCC(C)(O)C1)c1ccccc1.CC. The summed E-state index contributed by atoms with van der Waals surface area (Å²) in [6.45, 7) is 14.6. The maximum atomic E-state index is 10.1. The van der Waals surface area contributed by atoms with Gasteiger partial charge in [0.15, 0.2) is 0 Å². The van der Waals surface area contributed by atoms with Crippen LogP contribution in [-0.4, -0.2) is 35.2 Å². The van der Waals surface area contributed by atoms with E-state index in [0.717, 1.165) is 32.5 Å². The van der Waals surface area contributed by atoms with Crippen LogP contribution in [0.1, 0.15) is 52.0 Å². The predicted octanol–water partition coefficient (Wildman–Crippen LogP) is 5.33. The summed E-state index contributed by atoms with van der Waals surface area (Å²) < 4.78 is 0. The van der Waals surface area contributed by atoms with Gasteiger partial charge in [0.25, 0.3) is 0 Å². The van der Waals surface area contributed by atoms with Gasteiger partial charge in [-0.3, -0.25) is 0 Å². The molecule has 0 bridgehead atoms. The second kappa shape index (κ2) is 11.1. The summed E-state index contributed by atoms with van der Waals surface area (Å²) >= 11 is 0. The number of likely N-dealkylation sites (tertiary alicyclic amines) is 1. The van der Waals surface area contributed by atoms with Gasteiger partial charge < -0.3 is 10.0 Å². The Kier molecular flexibility index (Phi) is 9.48. The van der Waals surface area contributed by atoms with Crippen LogP contribution in [0.25, 0.3) is 0 Å². The molecule has 138 valence electrons. The van der Waals surface area contributed by atoms with Crippen LogP contribution in [0.5, 0.6) is 0 Å². The van der Waals surface area contributed by atoms with Crippen molar-refractivity contribution in [2.75, 3.05) is 19.6 Å².